The minimum absolute atomic E-state index is 0.178. The fourth-order valence-electron chi connectivity index (χ4n) is 2.05. The molecule has 0 atom stereocenters. The third-order valence-corrected chi connectivity index (χ3v) is 4.88. The zero-order chi connectivity index (χ0) is 20.9. The van der Waals surface area contributed by atoms with E-state index in [2.05, 4.69) is 5.32 Å². The van der Waals surface area contributed by atoms with E-state index in [9.17, 15) is 22.8 Å². The van der Waals surface area contributed by atoms with Gasteiger partial charge in [0.25, 0.3) is 5.24 Å². The first-order chi connectivity index (χ1) is 13.1. The van der Waals surface area contributed by atoms with Crippen LogP contribution in [0.5, 0.6) is 0 Å². The number of carbonyl (C=O) groups excluding carboxylic acids is 2. The van der Waals surface area contributed by atoms with Gasteiger partial charge in [0.15, 0.2) is 0 Å². The number of nitrogens with one attached hydrogen (secondary N) is 1. The molecule has 2 aromatic rings. The van der Waals surface area contributed by atoms with Crippen molar-refractivity contribution >= 4 is 46.3 Å². The summed E-state index contributed by atoms with van der Waals surface area (Å²) in [6.07, 6.45) is -2.22. The number of nitrogens with zero attached hydrogens (tertiary/aromatic N) is 1. The molecule has 2 amide bonds. The Morgan fingerprint density at radius 1 is 1.14 bits per heavy atom. The molecule has 28 heavy (non-hydrogen) atoms. The van der Waals surface area contributed by atoms with Crippen molar-refractivity contribution in [1.82, 2.24) is 4.90 Å². The van der Waals surface area contributed by atoms with Gasteiger partial charge in [-0.1, -0.05) is 29.8 Å². The highest BCUT2D eigenvalue weighted by molar-refractivity contribution is 8.13. The van der Waals surface area contributed by atoms with Gasteiger partial charge in [-0.2, -0.15) is 13.2 Å². The SMILES string of the molecule is CN(C)C(=O)Sc1ccccc1NC(=O)/C=C/c1ccc(Cl)c(C(F)(F)F)c1. The second kappa shape index (κ2) is 9.16. The molecule has 0 radical (unpaired) electrons. The second-order valence-corrected chi connectivity index (χ2v) is 7.22. The fourth-order valence-corrected chi connectivity index (χ4v) is 3.03. The number of hydrogen-bond donors (Lipinski definition) is 1. The third-order valence-electron chi connectivity index (χ3n) is 3.43. The molecule has 1 N–H and O–H groups in total. The molecule has 0 bridgehead atoms. The molecule has 0 aliphatic carbocycles. The van der Waals surface area contributed by atoms with Crippen LogP contribution in [0.25, 0.3) is 6.08 Å². The van der Waals surface area contributed by atoms with Gasteiger partial charge in [0.1, 0.15) is 0 Å². The quantitative estimate of drug-likeness (QED) is 0.495. The molecule has 0 aliphatic heterocycles. The highest BCUT2D eigenvalue weighted by Crippen LogP contribution is 2.35. The van der Waals surface area contributed by atoms with Gasteiger partial charge in [-0.25, -0.2) is 0 Å². The van der Waals surface area contributed by atoms with Gasteiger partial charge < -0.3 is 10.2 Å². The van der Waals surface area contributed by atoms with Crippen molar-refractivity contribution in [3.63, 3.8) is 0 Å². The Labute approximate surface area is 169 Å². The van der Waals surface area contributed by atoms with Crippen LogP contribution >= 0.6 is 23.4 Å². The zero-order valence-corrected chi connectivity index (χ0v) is 16.5. The molecule has 0 aromatic heterocycles. The largest absolute Gasteiger partial charge is 0.417 e. The maximum atomic E-state index is 12.9. The maximum absolute atomic E-state index is 12.9. The van der Waals surface area contributed by atoms with E-state index in [0.717, 1.165) is 30.0 Å². The Balaban J connectivity index is 2.14. The second-order valence-electron chi connectivity index (χ2n) is 5.82. The summed E-state index contributed by atoms with van der Waals surface area (Å²) in [7, 11) is 3.22. The molecule has 2 aromatic carbocycles. The highest BCUT2D eigenvalue weighted by Gasteiger charge is 2.33. The molecule has 0 saturated carbocycles. The number of thioether (sulfide) groups is 1. The minimum atomic E-state index is -4.58. The predicted octanol–water partition coefficient (Wildman–Crippen LogP) is 5.78. The third kappa shape index (κ3) is 6.03. The van der Waals surface area contributed by atoms with E-state index in [-0.39, 0.29) is 10.8 Å². The number of rotatable bonds is 4. The number of para-hydroxylation sites is 1. The standard InChI is InChI=1S/C19H16ClF3N2O2S/c1-25(2)18(27)28-16-6-4-3-5-15(16)24-17(26)10-8-12-7-9-14(20)13(11-12)19(21,22)23/h3-11H,1-2H3,(H,24,26)/b10-8+. The maximum Gasteiger partial charge on any atom is 0.417 e. The van der Waals surface area contributed by atoms with Crippen molar-refractivity contribution < 1.29 is 22.8 Å². The first kappa shape index (κ1) is 21.8. The van der Waals surface area contributed by atoms with Crippen LogP contribution in [0.3, 0.4) is 0 Å². The van der Waals surface area contributed by atoms with Crippen molar-refractivity contribution in [1.29, 1.82) is 0 Å². The molecule has 9 heteroatoms. The normalized spacial score (nSPS) is 11.5. The summed E-state index contributed by atoms with van der Waals surface area (Å²) in [6, 6.07) is 10.1. The van der Waals surface area contributed by atoms with E-state index in [4.69, 9.17) is 11.6 Å². The zero-order valence-electron chi connectivity index (χ0n) is 14.9. The Bertz CT molecular complexity index is 914. The Morgan fingerprint density at radius 3 is 2.46 bits per heavy atom. The molecule has 0 spiro atoms. The fraction of sp³-hybridized carbons (Fsp3) is 0.158. The summed E-state index contributed by atoms with van der Waals surface area (Å²) in [4.78, 5) is 26.0. The van der Waals surface area contributed by atoms with Gasteiger partial charge in [-0.15, -0.1) is 0 Å². The van der Waals surface area contributed by atoms with Crippen molar-refractivity contribution in [3.05, 3.63) is 64.7 Å². The number of anilines is 1. The molecule has 0 saturated heterocycles. The van der Waals surface area contributed by atoms with Crippen LogP contribution in [-0.2, 0) is 11.0 Å². The molecule has 148 valence electrons. The minimum Gasteiger partial charge on any atom is -0.339 e. The number of amides is 2. The number of benzene rings is 2. The summed E-state index contributed by atoms with van der Waals surface area (Å²) in [5.74, 6) is -0.547. The lowest BCUT2D eigenvalue weighted by molar-refractivity contribution is -0.137. The van der Waals surface area contributed by atoms with Crippen molar-refractivity contribution in [2.24, 2.45) is 0 Å². The van der Waals surface area contributed by atoms with E-state index in [1.165, 1.54) is 17.0 Å². The summed E-state index contributed by atoms with van der Waals surface area (Å²) in [6.45, 7) is 0. The lowest BCUT2D eigenvalue weighted by Gasteiger charge is -2.12. The molecule has 4 nitrogen and oxygen atoms in total. The first-order valence-electron chi connectivity index (χ1n) is 7.92. The van der Waals surface area contributed by atoms with Gasteiger partial charge in [0, 0.05) is 25.1 Å². The van der Waals surface area contributed by atoms with Gasteiger partial charge in [0.05, 0.1) is 16.3 Å². The monoisotopic (exact) mass is 428 g/mol. The lowest BCUT2D eigenvalue weighted by atomic mass is 10.1. The van der Waals surface area contributed by atoms with Crippen molar-refractivity contribution in [2.75, 3.05) is 19.4 Å². The Hall–Kier alpha value is -2.45. The van der Waals surface area contributed by atoms with E-state index < -0.39 is 22.7 Å². The van der Waals surface area contributed by atoms with Crippen LogP contribution in [0.4, 0.5) is 23.7 Å². The van der Waals surface area contributed by atoms with Crippen molar-refractivity contribution in [3.8, 4) is 0 Å². The molecular formula is C19H16ClF3N2O2S. The first-order valence-corrected chi connectivity index (χ1v) is 9.11. The molecule has 0 heterocycles. The van der Waals surface area contributed by atoms with Crippen LogP contribution in [0.1, 0.15) is 11.1 Å². The van der Waals surface area contributed by atoms with Crippen LogP contribution < -0.4 is 5.32 Å². The summed E-state index contributed by atoms with van der Waals surface area (Å²) >= 11 is 6.52. The van der Waals surface area contributed by atoms with Crippen LogP contribution in [0.2, 0.25) is 5.02 Å². The average Bonchev–Trinajstić information content (AvgIpc) is 2.61. The number of carbonyl (C=O) groups is 2. The number of alkyl halides is 3. The van der Waals surface area contributed by atoms with Crippen LogP contribution in [0.15, 0.2) is 53.4 Å². The Kier molecular flexibility index (Phi) is 7.15. The van der Waals surface area contributed by atoms with Gasteiger partial charge in [-0.3, -0.25) is 9.59 Å². The summed E-state index contributed by atoms with van der Waals surface area (Å²) < 4.78 is 38.7. The summed E-state index contributed by atoms with van der Waals surface area (Å²) in [5.41, 5.74) is -0.373. The molecular weight excluding hydrogens is 413 g/mol. The molecule has 0 unspecified atom stereocenters. The van der Waals surface area contributed by atoms with E-state index >= 15 is 0 Å². The van der Waals surface area contributed by atoms with Gasteiger partial charge in [-0.05, 0) is 47.7 Å². The van der Waals surface area contributed by atoms with E-state index in [1.54, 1.807) is 38.4 Å². The van der Waals surface area contributed by atoms with Crippen LogP contribution in [0, 0.1) is 0 Å². The van der Waals surface area contributed by atoms with E-state index in [1.807, 2.05) is 0 Å². The predicted molar refractivity (Wildman–Crippen MR) is 105 cm³/mol. The summed E-state index contributed by atoms with van der Waals surface area (Å²) in [5, 5.41) is 1.99. The topological polar surface area (TPSA) is 49.4 Å². The van der Waals surface area contributed by atoms with Crippen molar-refractivity contribution in [2.45, 2.75) is 11.1 Å². The highest BCUT2D eigenvalue weighted by atomic mass is 35.5. The smallest absolute Gasteiger partial charge is 0.339 e. The Morgan fingerprint density at radius 2 is 1.82 bits per heavy atom. The average molecular weight is 429 g/mol. The van der Waals surface area contributed by atoms with Gasteiger partial charge in [0.2, 0.25) is 5.91 Å². The van der Waals surface area contributed by atoms with E-state index in [0.29, 0.717) is 10.6 Å². The molecule has 0 aliphatic rings. The van der Waals surface area contributed by atoms with Gasteiger partial charge >= 0.3 is 6.18 Å². The number of hydrogen-bond acceptors (Lipinski definition) is 3. The number of halogens is 4. The lowest BCUT2D eigenvalue weighted by Crippen LogP contribution is -2.16. The molecule has 2 rings (SSSR count). The molecule has 0 fully saturated rings. The van der Waals surface area contributed by atoms with Crippen LogP contribution in [-0.4, -0.2) is 30.1 Å².